The molecular weight excluding hydrogens is 426 g/mol. The minimum atomic E-state index is -3.66. The average molecular weight is 446 g/mol. The molecule has 0 saturated heterocycles. The summed E-state index contributed by atoms with van der Waals surface area (Å²) in [6.45, 7) is 2.34. The highest BCUT2D eigenvalue weighted by Gasteiger charge is 2.31. The molecule has 0 atom stereocenters. The van der Waals surface area contributed by atoms with E-state index in [-0.39, 0.29) is 17.1 Å². The molecule has 3 heterocycles. The number of thiazole rings is 1. The van der Waals surface area contributed by atoms with Crippen LogP contribution in [0, 0.1) is 6.92 Å². The number of carbonyl (C=O) groups is 1. The standard InChI is InChI=1S/C19H19N5O4S2/c1-12-9-13(3-4-16(12)28-2)30(26,27)24-8-5-14-17(11-24)29-19(22-14)23-18(25)15-10-20-6-7-21-15/h3-4,6-7,9-10H,5,8,11H2,1-2H3,(H,22,23,25). The first-order valence-corrected chi connectivity index (χ1v) is 11.3. The second-order valence-corrected chi connectivity index (χ2v) is 9.68. The van der Waals surface area contributed by atoms with Gasteiger partial charge in [0.2, 0.25) is 10.0 Å². The zero-order valence-electron chi connectivity index (χ0n) is 16.3. The number of aromatic nitrogens is 3. The van der Waals surface area contributed by atoms with E-state index in [9.17, 15) is 13.2 Å². The number of hydrogen-bond donors (Lipinski definition) is 1. The fourth-order valence-electron chi connectivity index (χ4n) is 3.17. The molecule has 0 fully saturated rings. The van der Waals surface area contributed by atoms with Crippen molar-refractivity contribution in [3.63, 3.8) is 0 Å². The number of aryl methyl sites for hydroxylation is 1. The molecule has 156 valence electrons. The Kier molecular flexibility index (Phi) is 5.50. The third-order valence-corrected chi connectivity index (χ3v) is 7.56. The molecule has 0 unspecified atom stereocenters. The third kappa shape index (κ3) is 3.91. The highest BCUT2D eigenvalue weighted by Crippen LogP contribution is 2.32. The molecule has 1 aliphatic rings. The molecule has 0 bridgehead atoms. The number of amides is 1. The number of benzene rings is 1. The van der Waals surface area contributed by atoms with Crippen LogP contribution < -0.4 is 10.1 Å². The number of carbonyl (C=O) groups excluding carboxylic acids is 1. The van der Waals surface area contributed by atoms with Crippen molar-refractivity contribution in [2.45, 2.75) is 24.8 Å². The van der Waals surface area contributed by atoms with Crippen molar-refractivity contribution < 1.29 is 17.9 Å². The Morgan fingerprint density at radius 2 is 2.13 bits per heavy atom. The van der Waals surface area contributed by atoms with E-state index in [1.165, 1.54) is 34.2 Å². The molecule has 9 nitrogen and oxygen atoms in total. The molecule has 11 heteroatoms. The number of sulfonamides is 1. The van der Waals surface area contributed by atoms with Crippen LogP contribution in [0.15, 0.2) is 41.7 Å². The van der Waals surface area contributed by atoms with Gasteiger partial charge in [-0.15, -0.1) is 11.3 Å². The lowest BCUT2D eigenvalue weighted by Gasteiger charge is -2.25. The monoisotopic (exact) mass is 445 g/mol. The lowest BCUT2D eigenvalue weighted by molar-refractivity contribution is 0.102. The Balaban J connectivity index is 1.52. The molecule has 2 aromatic heterocycles. The molecule has 4 rings (SSSR count). The maximum atomic E-state index is 13.1. The van der Waals surface area contributed by atoms with E-state index < -0.39 is 15.9 Å². The molecule has 1 amide bonds. The highest BCUT2D eigenvalue weighted by molar-refractivity contribution is 7.89. The zero-order chi connectivity index (χ0) is 21.3. The van der Waals surface area contributed by atoms with Gasteiger partial charge in [0.1, 0.15) is 11.4 Å². The molecule has 0 aliphatic carbocycles. The largest absolute Gasteiger partial charge is 0.496 e. The summed E-state index contributed by atoms with van der Waals surface area (Å²) < 4.78 is 32.9. The van der Waals surface area contributed by atoms with Crippen LogP contribution in [0.3, 0.4) is 0 Å². The second kappa shape index (κ2) is 8.09. The number of rotatable bonds is 5. The molecule has 1 aromatic carbocycles. The van der Waals surface area contributed by atoms with Gasteiger partial charge in [0.05, 0.1) is 30.4 Å². The number of methoxy groups -OCH3 is 1. The Morgan fingerprint density at radius 3 is 2.83 bits per heavy atom. The van der Waals surface area contributed by atoms with E-state index in [1.807, 2.05) is 0 Å². The summed E-state index contributed by atoms with van der Waals surface area (Å²) in [5, 5.41) is 3.12. The summed E-state index contributed by atoms with van der Waals surface area (Å²) >= 11 is 1.27. The van der Waals surface area contributed by atoms with E-state index in [4.69, 9.17) is 4.74 Å². The van der Waals surface area contributed by atoms with Gasteiger partial charge < -0.3 is 4.74 Å². The zero-order valence-corrected chi connectivity index (χ0v) is 18.0. The third-order valence-electron chi connectivity index (χ3n) is 4.72. The van der Waals surface area contributed by atoms with Crippen LogP contribution in [-0.2, 0) is 23.0 Å². The summed E-state index contributed by atoms with van der Waals surface area (Å²) in [6.07, 6.45) is 4.76. The molecule has 0 saturated carbocycles. The summed E-state index contributed by atoms with van der Waals surface area (Å²) in [6, 6.07) is 4.82. The molecule has 1 N–H and O–H groups in total. The minimum Gasteiger partial charge on any atom is -0.496 e. The minimum absolute atomic E-state index is 0.185. The van der Waals surface area contributed by atoms with Crippen LogP contribution in [0.5, 0.6) is 5.75 Å². The quantitative estimate of drug-likeness (QED) is 0.640. The first-order valence-electron chi connectivity index (χ1n) is 9.09. The number of nitrogens with zero attached hydrogens (tertiary/aromatic N) is 4. The van der Waals surface area contributed by atoms with Gasteiger partial charge >= 0.3 is 0 Å². The number of anilines is 1. The van der Waals surface area contributed by atoms with Crippen molar-refractivity contribution in [3.05, 3.63) is 58.6 Å². The lowest BCUT2D eigenvalue weighted by atomic mass is 10.2. The van der Waals surface area contributed by atoms with Gasteiger partial charge in [0.25, 0.3) is 5.91 Å². The Labute approximate surface area is 177 Å². The van der Waals surface area contributed by atoms with Crippen LogP contribution in [0.1, 0.15) is 26.6 Å². The summed E-state index contributed by atoms with van der Waals surface area (Å²) in [4.78, 5) is 25.6. The van der Waals surface area contributed by atoms with Crippen LogP contribution in [0.25, 0.3) is 0 Å². The van der Waals surface area contributed by atoms with Crippen molar-refractivity contribution in [3.8, 4) is 5.75 Å². The smallest absolute Gasteiger partial charge is 0.277 e. The normalized spacial score (nSPS) is 14.2. The van der Waals surface area contributed by atoms with Crippen molar-refractivity contribution in [1.82, 2.24) is 19.3 Å². The fourth-order valence-corrected chi connectivity index (χ4v) is 5.76. The molecule has 30 heavy (non-hydrogen) atoms. The van der Waals surface area contributed by atoms with Gasteiger partial charge in [-0.1, -0.05) is 0 Å². The van der Waals surface area contributed by atoms with Crippen molar-refractivity contribution in [2.24, 2.45) is 0 Å². The van der Waals surface area contributed by atoms with Crippen molar-refractivity contribution in [2.75, 3.05) is 19.0 Å². The first kappa shape index (κ1) is 20.4. The van der Waals surface area contributed by atoms with E-state index >= 15 is 0 Å². The lowest BCUT2D eigenvalue weighted by Crippen LogP contribution is -2.35. The second-order valence-electron chi connectivity index (χ2n) is 6.65. The summed E-state index contributed by atoms with van der Waals surface area (Å²) in [5.74, 6) is 0.230. The fraction of sp³-hybridized carbons (Fsp3) is 0.263. The van der Waals surface area contributed by atoms with Gasteiger partial charge in [-0.2, -0.15) is 4.31 Å². The molecule has 0 radical (unpaired) electrons. The van der Waals surface area contributed by atoms with Crippen molar-refractivity contribution in [1.29, 1.82) is 0 Å². The average Bonchev–Trinajstić information content (AvgIpc) is 3.15. The summed E-state index contributed by atoms with van der Waals surface area (Å²) in [5.41, 5.74) is 1.74. The highest BCUT2D eigenvalue weighted by atomic mass is 32.2. The van der Waals surface area contributed by atoms with E-state index in [1.54, 1.807) is 32.2 Å². The molecule has 0 spiro atoms. The predicted octanol–water partition coefficient (Wildman–Crippen LogP) is 2.25. The van der Waals surface area contributed by atoms with Gasteiger partial charge in [0.15, 0.2) is 5.13 Å². The van der Waals surface area contributed by atoms with Gasteiger partial charge in [-0.25, -0.2) is 18.4 Å². The molecule has 1 aliphatic heterocycles. The van der Waals surface area contributed by atoms with E-state index in [0.29, 0.717) is 23.8 Å². The van der Waals surface area contributed by atoms with Crippen molar-refractivity contribution >= 4 is 32.4 Å². The van der Waals surface area contributed by atoms with Gasteiger partial charge in [0, 0.05) is 30.2 Å². The number of fused-ring (bicyclic) bond motifs is 1. The number of hydrogen-bond acceptors (Lipinski definition) is 8. The Hall–Kier alpha value is -2.89. The van der Waals surface area contributed by atoms with Crippen LogP contribution in [0.4, 0.5) is 5.13 Å². The predicted molar refractivity (Wildman–Crippen MR) is 111 cm³/mol. The maximum Gasteiger partial charge on any atom is 0.277 e. The Morgan fingerprint density at radius 1 is 1.30 bits per heavy atom. The topological polar surface area (TPSA) is 114 Å². The number of ether oxygens (including phenoxy) is 1. The van der Waals surface area contributed by atoms with Gasteiger partial charge in [-0.05, 0) is 30.7 Å². The van der Waals surface area contributed by atoms with Crippen LogP contribution in [0.2, 0.25) is 0 Å². The Bertz CT molecular complexity index is 1190. The molecule has 3 aromatic rings. The van der Waals surface area contributed by atoms with Gasteiger partial charge in [-0.3, -0.25) is 15.1 Å². The van der Waals surface area contributed by atoms with E-state index in [0.717, 1.165) is 16.1 Å². The molecular formula is C19H19N5O4S2. The first-order chi connectivity index (χ1) is 14.4. The van der Waals surface area contributed by atoms with Crippen LogP contribution in [-0.4, -0.2) is 47.2 Å². The van der Waals surface area contributed by atoms with E-state index in [2.05, 4.69) is 20.3 Å². The number of nitrogens with one attached hydrogen (secondary N) is 1. The summed E-state index contributed by atoms with van der Waals surface area (Å²) in [7, 11) is -2.11. The van der Waals surface area contributed by atoms with Crippen LogP contribution >= 0.6 is 11.3 Å². The maximum absolute atomic E-state index is 13.1. The SMILES string of the molecule is COc1ccc(S(=O)(=O)N2CCc3nc(NC(=O)c4cnccn4)sc3C2)cc1C.